The highest BCUT2D eigenvalue weighted by atomic mass is 14.3. The van der Waals surface area contributed by atoms with E-state index in [2.05, 4.69) is 78.5 Å². The maximum atomic E-state index is 4.41. The molecule has 0 heteroatoms. The lowest BCUT2D eigenvalue weighted by Crippen LogP contribution is -2.25. The van der Waals surface area contributed by atoms with Gasteiger partial charge in [0.15, 0.2) is 0 Å². The number of aryl methyl sites for hydroxylation is 1. The Kier molecular flexibility index (Phi) is 6.25. The number of hydrogen-bond donors (Lipinski definition) is 0. The average molecular weight is 287 g/mol. The maximum absolute atomic E-state index is 4.41. The average Bonchev–Trinajstić information content (AvgIpc) is 2.42. The second kappa shape index (κ2) is 7.29. The molecule has 0 aliphatic rings. The van der Waals surface area contributed by atoms with Crippen molar-refractivity contribution in [1.29, 1.82) is 0 Å². The Bertz CT molecular complexity index is 431. The fraction of sp³-hybridized carbons (Fsp3) is 0.619. The van der Waals surface area contributed by atoms with Gasteiger partial charge in [0.2, 0.25) is 0 Å². The zero-order valence-corrected chi connectivity index (χ0v) is 15.0. The van der Waals surface area contributed by atoms with Gasteiger partial charge < -0.3 is 0 Å². The van der Waals surface area contributed by atoms with Crippen molar-refractivity contribution in [2.75, 3.05) is 0 Å². The second-order valence-electron chi connectivity index (χ2n) is 8.13. The van der Waals surface area contributed by atoms with E-state index in [-0.39, 0.29) is 5.41 Å². The van der Waals surface area contributed by atoms with E-state index in [9.17, 15) is 0 Å². The first-order valence-electron chi connectivity index (χ1n) is 8.39. The first-order chi connectivity index (χ1) is 9.66. The van der Waals surface area contributed by atoms with Crippen molar-refractivity contribution in [2.24, 2.45) is 16.7 Å². The predicted octanol–water partition coefficient (Wildman–Crippen LogP) is 6.66. The van der Waals surface area contributed by atoms with Crippen LogP contribution >= 0.6 is 0 Å². The Morgan fingerprint density at radius 3 is 2.10 bits per heavy atom. The summed E-state index contributed by atoms with van der Waals surface area (Å²) in [5.41, 5.74) is 3.46. The zero-order chi connectivity index (χ0) is 16.1. The van der Waals surface area contributed by atoms with Crippen LogP contribution in [-0.4, -0.2) is 0 Å². The number of hydrogen-bond acceptors (Lipinski definition) is 0. The molecule has 1 aromatic carbocycles. The van der Waals surface area contributed by atoms with E-state index in [1.807, 2.05) is 0 Å². The normalized spacial score (nSPS) is 14.0. The van der Waals surface area contributed by atoms with Crippen LogP contribution in [0.2, 0.25) is 0 Å². The van der Waals surface area contributed by atoms with Gasteiger partial charge in [0, 0.05) is 0 Å². The summed E-state index contributed by atoms with van der Waals surface area (Å²) in [6.45, 7) is 18.4. The van der Waals surface area contributed by atoms with Crippen LogP contribution in [0.4, 0.5) is 0 Å². The summed E-state index contributed by atoms with van der Waals surface area (Å²) in [5, 5.41) is 0. The van der Waals surface area contributed by atoms with Crippen LogP contribution in [0.1, 0.15) is 66.4 Å². The van der Waals surface area contributed by atoms with E-state index in [0.29, 0.717) is 11.3 Å². The van der Waals surface area contributed by atoms with E-state index in [1.54, 1.807) is 0 Å². The van der Waals surface area contributed by atoms with Gasteiger partial charge in [-0.25, -0.2) is 0 Å². The lowest BCUT2D eigenvalue weighted by molar-refractivity contribution is 0.212. The van der Waals surface area contributed by atoms with Crippen LogP contribution < -0.4 is 0 Å². The van der Waals surface area contributed by atoms with Crippen molar-refractivity contribution < 1.29 is 0 Å². The minimum atomic E-state index is 0.260. The van der Waals surface area contributed by atoms with Crippen molar-refractivity contribution in [2.45, 2.75) is 67.2 Å². The Labute approximate surface area is 132 Å². The fourth-order valence-corrected chi connectivity index (χ4v) is 2.65. The summed E-state index contributed by atoms with van der Waals surface area (Å²) in [6.07, 6.45) is 4.73. The summed E-state index contributed by atoms with van der Waals surface area (Å²) in [4.78, 5) is 0. The highest BCUT2D eigenvalue weighted by Gasteiger charge is 2.28. The monoisotopic (exact) mass is 286 g/mol. The number of benzene rings is 1. The molecule has 0 bridgehead atoms. The van der Waals surface area contributed by atoms with Crippen LogP contribution in [0.3, 0.4) is 0 Å². The molecular weight excluding hydrogens is 252 g/mol. The second-order valence-corrected chi connectivity index (χ2v) is 8.13. The van der Waals surface area contributed by atoms with Crippen LogP contribution in [0.25, 0.3) is 0 Å². The maximum Gasteiger partial charge on any atom is -0.0150 e. The molecule has 0 radical (unpaired) electrons. The van der Waals surface area contributed by atoms with Crippen molar-refractivity contribution >= 4 is 0 Å². The molecule has 0 N–H and O–H groups in total. The molecule has 0 fully saturated rings. The molecule has 0 aliphatic heterocycles. The summed E-state index contributed by atoms with van der Waals surface area (Å²) in [5.74, 6) is 0.691. The van der Waals surface area contributed by atoms with Gasteiger partial charge in [-0.2, -0.15) is 0 Å². The smallest absolute Gasteiger partial charge is 0.0150 e. The molecule has 0 nitrogen and oxygen atoms in total. The molecule has 1 unspecified atom stereocenters. The minimum Gasteiger partial charge on any atom is -0.0993 e. The Hall–Kier alpha value is -1.04. The topological polar surface area (TPSA) is 0 Å². The third-order valence-corrected chi connectivity index (χ3v) is 5.18. The Balaban J connectivity index is 2.72. The molecule has 1 rings (SSSR count). The Morgan fingerprint density at radius 1 is 1.05 bits per heavy atom. The van der Waals surface area contributed by atoms with Crippen LogP contribution in [-0.2, 0) is 6.42 Å². The standard InChI is InChI=1S/C21H34/c1-8-21(6,7)17(2)16-19(20(3,4)5)15-14-18-12-10-9-11-13-18/h9-13,19H,2,8,14-16H2,1,3-7H3. The highest BCUT2D eigenvalue weighted by Crippen LogP contribution is 2.40. The van der Waals surface area contributed by atoms with Gasteiger partial charge >= 0.3 is 0 Å². The van der Waals surface area contributed by atoms with Gasteiger partial charge in [0.05, 0.1) is 0 Å². The number of allylic oxidation sites excluding steroid dienone is 1. The molecular formula is C21H34. The van der Waals surface area contributed by atoms with Crippen molar-refractivity contribution in [1.82, 2.24) is 0 Å². The largest absolute Gasteiger partial charge is 0.0993 e. The van der Waals surface area contributed by atoms with Gasteiger partial charge in [-0.1, -0.05) is 84.0 Å². The molecule has 0 saturated carbocycles. The first-order valence-corrected chi connectivity index (χ1v) is 8.39. The van der Waals surface area contributed by atoms with E-state index in [4.69, 9.17) is 0 Å². The molecule has 118 valence electrons. The van der Waals surface area contributed by atoms with Gasteiger partial charge in [0.1, 0.15) is 0 Å². The molecule has 0 heterocycles. The SMILES string of the molecule is C=C(CC(CCc1ccccc1)C(C)(C)C)C(C)(C)CC. The van der Waals surface area contributed by atoms with E-state index in [0.717, 1.165) is 6.42 Å². The predicted molar refractivity (Wildman–Crippen MR) is 95.5 cm³/mol. The minimum absolute atomic E-state index is 0.260. The van der Waals surface area contributed by atoms with Gasteiger partial charge in [0.25, 0.3) is 0 Å². The fourth-order valence-electron chi connectivity index (χ4n) is 2.65. The van der Waals surface area contributed by atoms with E-state index in [1.165, 1.54) is 30.4 Å². The molecule has 1 atom stereocenters. The summed E-state index contributed by atoms with van der Waals surface area (Å²) in [7, 11) is 0. The molecule has 0 saturated heterocycles. The van der Waals surface area contributed by atoms with Crippen LogP contribution in [0, 0.1) is 16.7 Å². The van der Waals surface area contributed by atoms with Crippen LogP contribution in [0.5, 0.6) is 0 Å². The lowest BCUT2D eigenvalue weighted by atomic mass is 9.70. The quantitative estimate of drug-likeness (QED) is 0.491. The molecule has 0 spiro atoms. The molecule has 21 heavy (non-hydrogen) atoms. The van der Waals surface area contributed by atoms with Crippen molar-refractivity contribution in [3.8, 4) is 0 Å². The van der Waals surface area contributed by atoms with Crippen LogP contribution in [0.15, 0.2) is 42.5 Å². The summed E-state index contributed by atoms with van der Waals surface area (Å²) in [6, 6.07) is 10.9. The van der Waals surface area contributed by atoms with E-state index >= 15 is 0 Å². The first kappa shape index (κ1) is 18.0. The molecule has 0 aliphatic carbocycles. The lowest BCUT2D eigenvalue weighted by Gasteiger charge is -2.35. The zero-order valence-electron chi connectivity index (χ0n) is 15.0. The Morgan fingerprint density at radius 2 is 1.62 bits per heavy atom. The van der Waals surface area contributed by atoms with Crippen molar-refractivity contribution in [3.63, 3.8) is 0 Å². The third-order valence-electron chi connectivity index (χ3n) is 5.18. The van der Waals surface area contributed by atoms with Gasteiger partial charge in [-0.3, -0.25) is 0 Å². The third kappa shape index (κ3) is 5.69. The van der Waals surface area contributed by atoms with Gasteiger partial charge in [-0.15, -0.1) is 0 Å². The van der Waals surface area contributed by atoms with E-state index < -0.39 is 0 Å². The molecule has 1 aromatic rings. The summed E-state index contributed by atoms with van der Waals surface area (Å²) < 4.78 is 0. The number of rotatable bonds is 7. The van der Waals surface area contributed by atoms with Crippen molar-refractivity contribution in [3.05, 3.63) is 48.0 Å². The molecule has 0 amide bonds. The molecule has 0 aromatic heterocycles. The van der Waals surface area contributed by atoms with Gasteiger partial charge in [-0.05, 0) is 48.0 Å². The highest BCUT2D eigenvalue weighted by molar-refractivity contribution is 5.15. The summed E-state index contributed by atoms with van der Waals surface area (Å²) >= 11 is 0.